The first kappa shape index (κ1) is 13.6. The molecule has 1 aromatic heterocycles. The van der Waals surface area contributed by atoms with Gasteiger partial charge in [0.2, 0.25) is 0 Å². The molecule has 0 radical (unpaired) electrons. The maximum absolute atomic E-state index is 12.2. The van der Waals surface area contributed by atoms with E-state index in [9.17, 15) is 9.59 Å². The normalized spacial score (nSPS) is 10.0. The lowest BCUT2D eigenvalue weighted by molar-refractivity contribution is 0.0689. The predicted molar refractivity (Wildman–Crippen MR) is 74.5 cm³/mol. The molecule has 2 rings (SSSR count). The van der Waals surface area contributed by atoms with Crippen molar-refractivity contribution in [1.29, 1.82) is 0 Å². The minimum atomic E-state index is -1.23. The summed E-state index contributed by atoms with van der Waals surface area (Å²) in [5.74, 6) is 1.42. The van der Waals surface area contributed by atoms with Gasteiger partial charge in [0.15, 0.2) is 5.69 Å². The van der Waals surface area contributed by atoms with Gasteiger partial charge in [-0.2, -0.15) is 0 Å². The van der Waals surface area contributed by atoms with E-state index in [1.165, 1.54) is 11.5 Å². The number of benzene rings is 1. The fourth-order valence-corrected chi connectivity index (χ4v) is 1.90. The molecule has 0 atom stereocenters. The van der Waals surface area contributed by atoms with Crippen LogP contribution in [0.1, 0.15) is 16.1 Å². The van der Waals surface area contributed by atoms with E-state index in [0.29, 0.717) is 5.56 Å². The van der Waals surface area contributed by atoms with Crippen molar-refractivity contribution >= 4 is 5.97 Å². The highest BCUT2D eigenvalue weighted by Gasteiger charge is 2.18. The molecule has 0 saturated carbocycles. The van der Waals surface area contributed by atoms with Crippen molar-refractivity contribution in [3.8, 4) is 23.7 Å². The Morgan fingerprint density at radius 3 is 2.60 bits per heavy atom. The Balaban J connectivity index is 2.81. The van der Waals surface area contributed by atoms with Gasteiger partial charge in [0.05, 0.1) is 6.54 Å². The van der Waals surface area contributed by atoms with Gasteiger partial charge >= 0.3 is 5.97 Å². The molecule has 1 aromatic carbocycles. The zero-order valence-corrected chi connectivity index (χ0v) is 10.8. The number of hydrogen-bond donors (Lipinski definition) is 1. The second-order valence-corrected chi connectivity index (χ2v) is 4.18. The smallest absolute Gasteiger partial charge is 0.355 e. The summed E-state index contributed by atoms with van der Waals surface area (Å²) in [6, 6.07) is 8.87. The lowest BCUT2D eigenvalue weighted by Crippen LogP contribution is -2.28. The Kier molecular flexibility index (Phi) is 3.67. The van der Waals surface area contributed by atoms with E-state index in [0.717, 1.165) is 0 Å². The third-order valence-corrected chi connectivity index (χ3v) is 2.88. The summed E-state index contributed by atoms with van der Waals surface area (Å²) in [5, 5.41) is 9.13. The predicted octanol–water partition coefficient (Wildman–Crippen LogP) is 1.55. The number of carboxylic acid groups (broad SMARTS) is 1. The van der Waals surface area contributed by atoms with E-state index in [2.05, 4.69) is 10.9 Å². The zero-order valence-electron chi connectivity index (χ0n) is 10.8. The molecule has 0 saturated heterocycles. The zero-order chi connectivity index (χ0) is 14.7. The molecule has 100 valence electrons. The molecule has 0 spiro atoms. The van der Waals surface area contributed by atoms with Crippen molar-refractivity contribution in [2.45, 2.75) is 13.5 Å². The second kappa shape index (κ2) is 5.41. The van der Waals surface area contributed by atoms with Crippen LogP contribution in [0.15, 0.2) is 35.1 Å². The number of aromatic carboxylic acids is 1. The Morgan fingerprint density at radius 1 is 1.40 bits per heavy atom. The fourth-order valence-electron chi connectivity index (χ4n) is 1.90. The van der Waals surface area contributed by atoms with E-state index in [1.54, 1.807) is 24.3 Å². The van der Waals surface area contributed by atoms with E-state index in [1.807, 2.05) is 6.07 Å². The van der Waals surface area contributed by atoms with Crippen molar-refractivity contribution in [3.05, 3.63) is 51.9 Å². The molecule has 1 heterocycles. The molecule has 20 heavy (non-hydrogen) atoms. The number of hydrogen-bond acceptors (Lipinski definition) is 3. The minimum absolute atomic E-state index is 0.0385. The highest BCUT2D eigenvalue weighted by Crippen LogP contribution is 2.16. The van der Waals surface area contributed by atoms with Crippen LogP contribution in [0.2, 0.25) is 0 Å². The van der Waals surface area contributed by atoms with Gasteiger partial charge in [0.1, 0.15) is 5.82 Å². The summed E-state index contributed by atoms with van der Waals surface area (Å²) < 4.78 is 1.30. The van der Waals surface area contributed by atoms with Gasteiger partial charge in [-0.15, -0.1) is 6.42 Å². The standard InChI is InChI=1S/C15H12N2O3/c1-3-9-17-13(11-7-5-4-6-8-11)16-12(15(19)20)10(2)14(17)18/h1,4-8H,9H2,2H3,(H,19,20). The lowest BCUT2D eigenvalue weighted by Gasteiger charge is -2.12. The first-order chi connectivity index (χ1) is 9.56. The summed E-state index contributed by atoms with van der Waals surface area (Å²) in [6.45, 7) is 1.47. The summed E-state index contributed by atoms with van der Waals surface area (Å²) >= 11 is 0. The molecular weight excluding hydrogens is 256 g/mol. The maximum Gasteiger partial charge on any atom is 0.355 e. The Morgan fingerprint density at radius 2 is 2.05 bits per heavy atom. The van der Waals surface area contributed by atoms with Gasteiger partial charge in [0, 0.05) is 11.1 Å². The number of rotatable bonds is 3. The molecule has 0 aliphatic carbocycles. The molecule has 0 bridgehead atoms. The highest BCUT2D eigenvalue weighted by molar-refractivity contribution is 5.87. The van der Waals surface area contributed by atoms with Crippen LogP contribution >= 0.6 is 0 Å². The van der Waals surface area contributed by atoms with Gasteiger partial charge in [0.25, 0.3) is 5.56 Å². The van der Waals surface area contributed by atoms with Crippen LogP contribution in [-0.4, -0.2) is 20.6 Å². The largest absolute Gasteiger partial charge is 0.476 e. The van der Waals surface area contributed by atoms with E-state index < -0.39 is 11.5 Å². The summed E-state index contributed by atoms with van der Waals surface area (Å²) in [7, 11) is 0. The first-order valence-corrected chi connectivity index (χ1v) is 5.90. The van der Waals surface area contributed by atoms with Gasteiger partial charge in [-0.1, -0.05) is 36.3 Å². The molecule has 0 fully saturated rings. The Bertz CT molecular complexity index is 755. The van der Waals surface area contributed by atoms with Crippen LogP contribution in [0, 0.1) is 19.3 Å². The van der Waals surface area contributed by atoms with Gasteiger partial charge < -0.3 is 5.11 Å². The number of terminal acetylenes is 1. The molecule has 0 aliphatic heterocycles. The molecular formula is C15H12N2O3. The van der Waals surface area contributed by atoms with Crippen LogP contribution in [0.3, 0.4) is 0 Å². The van der Waals surface area contributed by atoms with Crippen molar-refractivity contribution in [2.24, 2.45) is 0 Å². The number of carboxylic acids is 1. The van der Waals surface area contributed by atoms with Crippen LogP contribution in [-0.2, 0) is 6.54 Å². The average molecular weight is 268 g/mol. The number of carbonyl (C=O) groups is 1. The Labute approximate surface area is 115 Å². The van der Waals surface area contributed by atoms with Gasteiger partial charge in [-0.05, 0) is 6.92 Å². The van der Waals surface area contributed by atoms with E-state index >= 15 is 0 Å². The maximum atomic E-state index is 12.2. The lowest BCUT2D eigenvalue weighted by atomic mass is 10.1. The first-order valence-electron chi connectivity index (χ1n) is 5.90. The summed E-state index contributed by atoms with van der Waals surface area (Å²) in [5.41, 5.74) is 0.0334. The van der Waals surface area contributed by atoms with Crippen molar-refractivity contribution in [1.82, 2.24) is 9.55 Å². The topological polar surface area (TPSA) is 72.2 Å². The van der Waals surface area contributed by atoms with Crippen LogP contribution in [0.25, 0.3) is 11.4 Å². The van der Waals surface area contributed by atoms with Crippen molar-refractivity contribution in [2.75, 3.05) is 0 Å². The average Bonchev–Trinajstić information content (AvgIpc) is 2.45. The summed E-state index contributed by atoms with van der Waals surface area (Å²) in [6.07, 6.45) is 5.27. The summed E-state index contributed by atoms with van der Waals surface area (Å²) in [4.78, 5) is 27.5. The van der Waals surface area contributed by atoms with Crippen molar-refractivity contribution < 1.29 is 9.90 Å². The van der Waals surface area contributed by atoms with E-state index in [4.69, 9.17) is 11.5 Å². The second-order valence-electron chi connectivity index (χ2n) is 4.18. The molecule has 0 aliphatic rings. The van der Waals surface area contributed by atoms with E-state index in [-0.39, 0.29) is 23.6 Å². The quantitative estimate of drug-likeness (QED) is 0.857. The molecule has 1 N–H and O–H groups in total. The number of nitrogens with zero attached hydrogens (tertiary/aromatic N) is 2. The van der Waals surface area contributed by atoms with Crippen molar-refractivity contribution in [3.63, 3.8) is 0 Å². The highest BCUT2D eigenvalue weighted by atomic mass is 16.4. The Hall–Kier alpha value is -2.87. The minimum Gasteiger partial charge on any atom is -0.476 e. The van der Waals surface area contributed by atoms with Crippen LogP contribution in [0.4, 0.5) is 0 Å². The third kappa shape index (κ3) is 2.31. The monoisotopic (exact) mass is 268 g/mol. The fraction of sp³-hybridized carbons (Fsp3) is 0.133. The van der Waals surface area contributed by atoms with Crippen LogP contribution in [0.5, 0.6) is 0 Å². The third-order valence-electron chi connectivity index (χ3n) is 2.88. The number of aromatic nitrogens is 2. The molecule has 2 aromatic rings. The van der Waals surface area contributed by atoms with Crippen LogP contribution < -0.4 is 5.56 Å². The molecule has 5 nitrogen and oxygen atoms in total. The molecule has 0 unspecified atom stereocenters. The SMILES string of the molecule is C#CCn1c(-c2ccccc2)nc(C(=O)O)c(C)c1=O. The van der Waals surface area contributed by atoms with Gasteiger partial charge in [-0.3, -0.25) is 9.36 Å². The van der Waals surface area contributed by atoms with Gasteiger partial charge in [-0.25, -0.2) is 9.78 Å². The molecule has 5 heteroatoms. The molecule has 0 amide bonds.